The standard InChI is InChI=1S/C17H14ClN5O5S/c18-12-6-1-2-7-13(12)21-17(26)20-10-4-3-5-11(8-10)23-29(27,28)14-9-19-16(25)22-15(14)24/h1-9,23H,(H2,20,21,26)(H2,19,22,24,25). The maximum atomic E-state index is 12.4. The van der Waals surface area contributed by atoms with Crippen LogP contribution in [-0.2, 0) is 10.0 Å². The lowest BCUT2D eigenvalue weighted by atomic mass is 10.3. The van der Waals surface area contributed by atoms with Gasteiger partial charge in [0.2, 0.25) is 0 Å². The predicted molar refractivity (Wildman–Crippen MR) is 109 cm³/mol. The molecule has 0 fully saturated rings. The fourth-order valence-electron chi connectivity index (χ4n) is 2.31. The number of para-hydroxylation sites is 1. The SMILES string of the molecule is O=C(Nc1cccc(NS(=O)(=O)c2c[nH]c(=O)[nH]c2=O)c1)Nc1ccccc1Cl. The lowest BCUT2D eigenvalue weighted by Crippen LogP contribution is -2.29. The van der Waals surface area contributed by atoms with Crippen LogP contribution < -0.4 is 26.6 Å². The normalized spacial score (nSPS) is 10.9. The first-order valence-corrected chi connectivity index (χ1v) is 9.88. The highest BCUT2D eigenvalue weighted by Gasteiger charge is 2.19. The molecular formula is C17H14ClN5O5S. The number of sulfonamides is 1. The number of H-pyrrole nitrogens is 2. The molecule has 10 nitrogen and oxygen atoms in total. The van der Waals surface area contributed by atoms with Crippen molar-refractivity contribution in [2.24, 2.45) is 0 Å². The Labute approximate surface area is 169 Å². The zero-order chi connectivity index (χ0) is 21.0. The average Bonchev–Trinajstić information content (AvgIpc) is 2.63. The lowest BCUT2D eigenvalue weighted by molar-refractivity contribution is 0.262. The van der Waals surface area contributed by atoms with E-state index in [1.54, 1.807) is 24.3 Å². The first kappa shape index (κ1) is 20.2. The summed E-state index contributed by atoms with van der Waals surface area (Å²) < 4.78 is 27.0. The van der Waals surface area contributed by atoms with Gasteiger partial charge in [0.15, 0.2) is 4.90 Å². The first-order chi connectivity index (χ1) is 13.7. The number of carbonyl (C=O) groups is 1. The van der Waals surface area contributed by atoms with E-state index in [0.717, 1.165) is 6.20 Å². The van der Waals surface area contributed by atoms with Crippen molar-refractivity contribution in [3.63, 3.8) is 0 Å². The zero-order valence-corrected chi connectivity index (χ0v) is 16.1. The molecule has 1 heterocycles. The van der Waals surface area contributed by atoms with E-state index in [4.69, 9.17) is 11.6 Å². The number of amides is 2. The van der Waals surface area contributed by atoms with Gasteiger partial charge in [0, 0.05) is 11.9 Å². The number of hydrogen-bond acceptors (Lipinski definition) is 5. The Kier molecular flexibility index (Phi) is 5.71. The van der Waals surface area contributed by atoms with Gasteiger partial charge >= 0.3 is 11.7 Å². The summed E-state index contributed by atoms with van der Waals surface area (Å²) in [5.74, 6) is 0. The van der Waals surface area contributed by atoms with Crippen molar-refractivity contribution in [2.45, 2.75) is 4.90 Å². The average molecular weight is 436 g/mol. The third kappa shape index (κ3) is 5.03. The van der Waals surface area contributed by atoms with E-state index in [1.807, 2.05) is 4.98 Å². The molecule has 29 heavy (non-hydrogen) atoms. The van der Waals surface area contributed by atoms with Crippen molar-refractivity contribution in [2.75, 3.05) is 15.4 Å². The minimum absolute atomic E-state index is 0.0890. The number of aromatic nitrogens is 2. The fourth-order valence-corrected chi connectivity index (χ4v) is 3.55. The molecule has 3 rings (SSSR count). The van der Waals surface area contributed by atoms with Crippen molar-refractivity contribution in [3.8, 4) is 0 Å². The van der Waals surface area contributed by atoms with Gasteiger partial charge in [-0.3, -0.25) is 14.5 Å². The van der Waals surface area contributed by atoms with Gasteiger partial charge in [0.1, 0.15) is 0 Å². The smallest absolute Gasteiger partial charge is 0.313 e. The lowest BCUT2D eigenvalue weighted by Gasteiger charge is -2.11. The van der Waals surface area contributed by atoms with Crippen LogP contribution in [0.4, 0.5) is 21.9 Å². The predicted octanol–water partition coefficient (Wildman–Crippen LogP) is 2.16. The number of nitrogens with one attached hydrogen (secondary N) is 5. The number of urea groups is 1. The van der Waals surface area contributed by atoms with Crippen LogP contribution in [0.1, 0.15) is 0 Å². The summed E-state index contributed by atoms with van der Waals surface area (Å²) in [5.41, 5.74) is -1.11. The molecule has 0 atom stereocenters. The van der Waals surface area contributed by atoms with Gasteiger partial charge < -0.3 is 15.6 Å². The number of anilines is 3. The van der Waals surface area contributed by atoms with Crippen LogP contribution in [0.3, 0.4) is 0 Å². The van der Waals surface area contributed by atoms with E-state index < -0.39 is 32.2 Å². The molecule has 2 aromatic carbocycles. The maximum Gasteiger partial charge on any atom is 0.325 e. The van der Waals surface area contributed by atoms with Gasteiger partial charge in [-0.05, 0) is 30.3 Å². The van der Waals surface area contributed by atoms with Crippen LogP contribution in [0.2, 0.25) is 5.02 Å². The molecule has 0 aliphatic carbocycles. The molecule has 0 saturated carbocycles. The van der Waals surface area contributed by atoms with Crippen molar-refractivity contribution in [1.29, 1.82) is 0 Å². The second-order valence-corrected chi connectivity index (χ2v) is 7.74. The second kappa shape index (κ2) is 8.20. The third-order valence-electron chi connectivity index (χ3n) is 3.57. The number of benzene rings is 2. The number of aromatic amines is 2. The Morgan fingerprint density at radius 1 is 0.966 bits per heavy atom. The number of rotatable bonds is 5. The Hall–Kier alpha value is -3.57. The van der Waals surface area contributed by atoms with E-state index in [-0.39, 0.29) is 11.4 Å². The largest absolute Gasteiger partial charge is 0.325 e. The van der Waals surface area contributed by atoms with E-state index in [2.05, 4.69) is 20.3 Å². The minimum atomic E-state index is -4.27. The van der Waals surface area contributed by atoms with Gasteiger partial charge in [-0.25, -0.2) is 18.0 Å². The molecule has 0 radical (unpaired) electrons. The molecule has 0 bridgehead atoms. The number of halogens is 1. The molecule has 150 valence electrons. The summed E-state index contributed by atoms with van der Waals surface area (Å²) >= 11 is 5.98. The van der Waals surface area contributed by atoms with Crippen LogP contribution in [0, 0.1) is 0 Å². The highest BCUT2D eigenvalue weighted by molar-refractivity contribution is 7.92. The van der Waals surface area contributed by atoms with Gasteiger partial charge in [0.05, 0.1) is 16.4 Å². The van der Waals surface area contributed by atoms with Crippen molar-refractivity contribution >= 4 is 44.7 Å². The Balaban J connectivity index is 1.75. The van der Waals surface area contributed by atoms with Crippen LogP contribution in [-0.4, -0.2) is 24.4 Å². The molecule has 3 aromatic rings. The minimum Gasteiger partial charge on any atom is -0.313 e. The third-order valence-corrected chi connectivity index (χ3v) is 5.29. The summed E-state index contributed by atoms with van der Waals surface area (Å²) in [6.07, 6.45) is 0.794. The van der Waals surface area contributed by atoms with Crippen LogP contribution in [0.15, 0.2) is 69.2 Å². The number of carbonyl (C=O) groups excluding carboxylic acids is 1. The van der Waals surface area contributed by atoms with Crippen LogP contribution >= 0.6 is 11.6 Å². The van der Waals surface area contributed by atoms with Gasteiger partial charge in [-0.2, -0.15) is 0 Å². The molecule has 0 spiro atoms. The summed E-state index contributed by atoms with van der Waals surface area (Å²) in [6, 6.07) is 11.9. The Morgan fingerprint density at radius 3 is 2.41 bits per heavy atom. The Bertz CT molecular complexity index is 1290. The van der Waals surface area contributed by atoms with Gasteiger partial charge in [0.25, 0.3) is 15.6 Å². The Morgan fingerprint density at radius 2 is 1.69 bits per heavy atom. The summed E-state index contributed by atoms with van der Waals surface area (Å²) in [6.45, 7) is 0. The van der Waals surface area contributed by atoms with Crippen LogP contribution in [0.5, 0.6) is 0 Å². The van der Waals surface area contributed by atoms with E-state index in [9.17, 15) is 22.8 Å². The molecule has 0 aliphatic heterocycles. The monoisotopic (exact) mass is 435 g/mol. The molecule has 0 unspecified atom stereocenters. The van der Waals surface area contributed by atoms with Crippen molar-refractivity contribution in [3.05, 3.63) is 80.6 Å². The molecule has 1 aromatic heterocycles. The highest BCUT2D eigenvalue weighted by Crippen LogP contribution is 2.22. The van der Waals surface area contributed by atoms with Crippen LogP contribution in [0.25, 0.3) is 0 Å². The van der Waals surface area contributed by atoms with Crippen molar-refractivity contribution in [1.82, 2.24) is 9.97 Å². The van der Waals surface area contributed by atoms with E-state index in [1.165, 1.54) is 24.3 Å². The van der Waals surface area contributed by atoms with E-state index in [0.29, 0.717) is 10.7 Å². The topological polar surface area (TPSA) is 153 Å². The van der Waals surface area contributed by atoms with E-state index >= 15 is 0 Å². The molecule has 2 amide bonds. The van der Waals surface area contributed by atoms with Gasteiger partial charge in [-0.1, -0.05) is 29.8 Å². The molecule has 5 N–H and O–H groups in total. The molecule has 0 saturated heterocycles. The molecule has 0 aliphatic rings. The second-order valence-electron chi connectivity index (χ2n) is 5.68. The quantitative estimate of drug-likeness (QED) is 0.415. The summed E-state index contributed by atoms with van der Waals surface area (Å²) in [4.78, 5) is 38.2. The first-order valence-electron chi connectivity index (χ1n) is 8.02. The highest BCUT2D eigenvalue weighted by atomic mass is 35.5. The summed E-state index contributed by atoms with van der Waals surface area (Å²) in [5, 5.41) is 5.47. The maximum absolute atomic E-state index is 12.4. The molecule has 12 heteroatoms. The molecular weight excluding hydrogens is 422 g/mol. The van der Waals surface area contributed by atoms with Gasteiger partial charge in [-0.15, -0.1) is 0 Å². The summed E-state index contributed by atoms with van der Waals surface area (Å²) in [7, 11) is -4.27. The number of hydrogen-bond donors (Lipinski definition) is 5. The fraction of sp³-hybridized carbons (Fsp3) is 0. The van der Waals surface area contributed by atoms with Crippen molar-refractivity contribution < 1.29 is 13.2 Å². The zero-order valence-electron chi connectivity index (χ0n) is 14.5.